The fraction of sp³-hybridized carbons (Fsp3) is 0.351. The molecule has 0 fully saturated rings. The Bertz CT molecular complexity index is 1620. The molecule has 4 rings (SSSR count). The van der Waals surface area contributed by atoms with Gasteiger partial charge in [-0.2, -0.15) is 39.5 Å². The fourth-order valence-electron chi connectivity index (χ4n) is 5.04. The number of hydrogen-bond donors (Lipinski definition) is 0. The van der Waals surface area contributed by atoms with Gasteiger partial charge in [0.2, 0.25) is 0 Å². The van der Waals surface area contributed by atoms with E-state index in [4.69, 9.17) is 4.74 Å². The molecule has 47 heavy (non-hydrogen) atoms. The summed E-state index contributed by atoms with van der Waals surface area (Å²) in [5.41, 5.74) is 4.72. The number of hydrogen-bond acceptors (Lipinski definition) is 8. The lowest BCUT2D eigenvalue weighted by Gasteiger charge is -2.29. The molecule has 8 nitrogen and oxygen atoms in total. The van der Waals surface area contributed by atoms with Gasteiger partial charge in [-0.15, -0.1) is 0 Å². The highest BCUT2D eigenvalue weighted by Crippen LogP contribution is 2.30. The van der Waals surface area contributed by atoms with Crippen LogP contribution in [0.2, 0.25) is 0 Å². The molecule has 4 aromatic carbocycles. The Morgan fingerprint density at radius 3 is 1.26 bits per heavy atom. The van der Waals surface area contributed by atoms with Gasteiger partial charge in [-0.05, 0) is 128 Å². The Morgan fingerprint density at radius 1 is 0.596 bits per heavy atom. The zero-order valence-corrected chi connectivity index (χ0v) is 27.9. The van der Waals surface area contributed by atoms with Gasteiger partial charge < -0.3 is 9.64 Å². The van der Waals surface area contributed by atoms with Crippen molar-refractivity contribution in [3.63, 3.8) is 0 Å². The molecule has 0 spiro atoms. The molecule has 4 aromatic rings. The minimum Gasteiger partial charge on any atom is -0.494 e. The third-order valence-electron chi connectivity index (χ3n) is 7.17. The van der Waals surface area contributed by atoms with Crippen molar-refractivity contribution in [2.75, 3.05) is 18.1 Å². The first-order chi connectivity index (χ1) is 22.4. The van der Waals surface area contributed by atoms with Gasteiger partial charge in [-0.1, -0.05) is 27.7 Å². The van der Waals surface area contributed by atoms with Gasteiger partial charge in [0.1, 0.15) is 5.75 Å². The first kappa shape index (κ1) is 35.0. The van der Waals surface area contributed by atoms with E-state index >= 15 is 0 Å². The number of alkyl halides is 2. The van der Waals surface area contributed by atoms with E-state index in [1.807, 2.05) is 48.5 Å². The quantitative estimate of drug-likeness (QED) is 0.101. The van der Waals surface area contributed by atoms with E-state index in [-0.39, 0.29) is 6.54 Å². The monoisotopic (exact) mass is 639 g/mol. The second kappa shape index (κ2) is 16.1. The summed E-state index contributed by atoms with van der Waals surface area (Å²) in [4.78, 5) is 1.02. The Morgan fingerprint density at radius 2 is 0.936 bits per heavy atom. The van der Waals surface area contributed by atoms with Crippen molar-refractivity contribution in [3.05, 3.63) is 97.1 Å². The molecule has 0 amide bonds. The largest absolute Gasteiger partial charge is 0.494 e. The number of ether oxygens (including phenoxy) is 1. The summed E-state index contributed by atoms with van der Waals surface area (Å²) in [6, 6.07) is 25.7. The summed E-state index contributed by atoms with van der Waals surface area (Å²) in [6.45, 7) is 12.5. The second-order valence-corrected chi connectivity index (χ2v) is 12.7. The van der Waals surface area contributed by atoms with E-state index in [1.165, 1.54) is 6.42 Å². The molecule has 246 valence electrons. The summed E-state index contributed by atoms with van der Waals surface area (Å²) >= 11 is 0. The van der Waals surface area contributed by atoms with Crippen molar-refractivity contribution >= 4 is 39.8 Å². The van der Waals surface area contributed by atoms with Crippen molar-refractivity contribution in [2.24, 2.45) is 42.0 Å². The minimum absolute atomic E-state index is 0.190. The van der Waals surface area contributed by atoms with Crippen molar-refractivity contribution < 1.29 is 13.5 Å². The number of rotatable bonds is 14. The van der Waals surface area contributed by atoms with Crippen LogP contribution in [0.4, 0.5) is 48.6 Å². The first-order valence-corrected chi connectivity index (χ1v) is 15.8. The lowest BCUT2D eigenvalue weighted by Crippen LogP contribution is -2.38. The third kappa shape index (κ3) is 11.8. The standard InChI is InChI=1S/C37H43F2N7O/c1-7-46(37(6,38)39)34-20-16-32(17-21-34)44-42-30-12-8-28(9-13-30)40-41-29-10-14-31(15-11-29)43-45-33-18-22-35(23-19-33)47-25-24-27(2)26-36(3,4)5/h8-23,27H,7,24-26H2,1-6H3/b41-40+,44-42+,45-43+. The van der Waals surface area contributed by atoms with Gasteiger partial charge >= 0.3 is 6.05 Å². The van der Waals surface area contributed by atoms with E-state index in [0.29, 0.717) is 52.1 Å². The molecule has 0 bridgehead atoms. The predicted octanol–water partition coefficient (Wildman–Crippen LogP) is 13.2. The topological polar surface area (TPSA) is 86.6 Å². The molecule has 0 aromatic heterocycles. The number of azo groups is 3. The fourth-order valence-corrected chi connectivity index (χ4v) is 5.04. The van der Waals surface area contributed by atoms with E-state index in [0.717, 1.165) is 29.7 Å². The predicted molar refractivity (Wildman–Crippen MR) is 185 cm³/mol. The van der Waals surface area contributed by atoms with E-state index in [1.54, 1.807) is 55.5 Å². The third-order valence-corrected chi connectivity index (χ3v) is 7.17. The smallest absolute Gasteiger partial charge is 0.322 e. The summed E-state index contributed by atoms with van der Waals surface area (Å²) in [7, 11) is 0. The molecule has 0 aliphatic rings. The van der Waals surface area contributed by atoms with Crippen LogP contribution in [0.5, 0.6) is 5.75 Å². The maximum Gasteiger partial charge on any atom is 0.322 e. The second-order valence-electron chi connectivity index (χ2n) is 12.7. The average Bonchev–Trinajstić information content (AvgIpc) is 3.03. The molecule has 0 aliphatic heterocycles. The van der Waals surface area contributed by atoms with Crippen molar-refractivity contribution in [3.8, 4) is 5.75 Å². The number of benzene rings is 4. The van der Waals surface area contributed by atoms with Gasteiger partial charge in [-0.25, -0.2) is 0 Å². The lowest BCUT2D eigenvalue weighted by atomic mass is 9.84. The lowest BCUT2D eigenvalue weighted by molar-refractivity contribution is 0.0191. The van der Waals surface area contributed by atoms with Gasteiger partial charge in [-0.3, -0.25) is 0 Å². The highest BCUT2D eigenvalue weighted by atomic mass is 19.3. The number of anilines is 1. The highest BCUT2D eigenvalue weighted by Gasteiger charge is 2.29. The Kier molecular flexibility index (Phi) is 12.0. The van der Waals surface area contributed by atoms with Crippen LogP contribution < -0.4 is 9.64 Å². The van der Waals surface area contributed by atoms with Crippen LogP contribution in [0, 0.1) is 11.3 Å². The van der Waals surface area contributed by atoms with Gasteiger partial charge in [0.05, 0.1) is 40.7 Å². The Hall–Kier alpha value is -4.86. The molecule has 0 aliphatic carbocycles. The van der Waals surface area contributed by atoms with Crippen LogP contribution in [0.25, 0.3) is 0 Å². The van der Waals surface area contributed by atoms with Gasteiger partial charge in [0.25, 0.3) is 0 Å². The molecule has 1 atom stereocenters. The molecule has 0 heterocycles. The van der Waals surface area contributed by atoms with Crippen LogP contribution in [0.1, 0.15) is 54.4 Å². The summed E-state index contributed by atoms with van der Waals surface area (Å²) in [6.07, 6.45) is 2.20. The number of nitrogens with zero attached hydrogens (tertiary/aromatic N) is 7. The van der Waals surface area contributed by atoms with Crippen molar-refractivity contribution in [1.29, 1.82) is 0 Å². The maximum absolute atomic E-state index is 13.8. The summed E-state index contributed by atoms with van der Waals surface area (Å²) in [5.74, 6) is 1.45. The summed E-state index contributed by atoms with van der Waals surface area (Å²) in [5, 5.41) is 25.7. The molecular weight excluding hydrogens is 596 g/mol. The normalized spacial score (nSPS) is 13.1. The van der Waals surface area contributed by atoms with Crippen LogP contribution in [-0.2, 0) is 0 Å². The van der Waals surface area contributed by atoms with E-state index in [9.17, 15) is 8.78 Å². The molecule has 0 radical (unpaired) electrons. The van der Waals surface area contributed by atoms with E-state index in [2.05, 4.69) is 58.4 Å². The molecule has 0 N–H and O–H groups in total. The zero-order chi connectivity index (χ0) is 33.9. The van der Waals surface area contributed by atoms with Crippen LogP contribution in [0.15, 0.2) is 128 Å². The Labute approximate surface area is 276 Å². The van der Waals surface area contributed by atoms with Gasteiger partial charge in [0.15, 0.2) is 0 Å². The molecule has 0 saturated heterocycles. The van der Waals surface area contributed by atoms with Crippen LogP contribution in [0.3, 0.4) is 0 Å². The molecule has 1 unspecified atom stereocenters. The van der Waals surface area contributed by atoms with Gasteiger partial charge in [0, 0.05) is 19.2 Å². The first-order valence-electron chi connectivity index (χ1n) is 15.8. The molecule has 0 saturated carbocycles. The zero-order valence-electron chi connectivity index (χ0n) is 27.9. The maximum atomic E-state index is 13.8. The van der Waals surface area contributed by atoms with E-state index < -0.39 is 6.05 Å². The van der Waals surface area contributed by atoms with Crippen LogP contribution in [-0.4, -0.2) is 19.2 Å². The summed E-state index contributed by atoms with van der Waals surface area (Å²) < 4.78 is 33.4. The van der Waals surface area contributed by atoms with Crippen LogP contribution >= 0.6 is 0 Å². The highest BCUT2D eigenvalue weighted by molar-refractivity contribution is 5.54. The average molecular weight is 640 g/mol. The van der Waals surface area contributed by atoms with Crippen molar-refractivity contribution in [2.45, 2.75) is 60.4 Å². The molecule has 10 heteroatoms. The van der Waals surface area contributed by atoms with Crippen molar-refractivity contribution in [1.82, 2.24) is 0 Å². The molecular formula is C37H43F2N7O. The number of halogens is 2. The minimum atomic E-state index is -2.94. The SMILES string of the molecule is CCN(c1ccc(/N=N/c2ccc(/N=N/c3ccc(/N=N/c4ccc(OCCC(C)CC(C)(C)C)cc4)cc3)cc2)cc1)C(C)(F)F. The Balaban J connectivity index is 1.24.